The average molecular weight is 297 g/mol. The number of benzene rings is 2. The minimum absolute atomic E-state index is 0.0543. The maximum absolute atomic E-state index is 12.6. The maximum atomic E-state index is 12.6. The fraction of sp³-hybridized carbons (Fsp3) is 0.278. The monoisotopic (exact) mass is 297 g/mol. The first-order valence-corrected chi connectivity index (χ1v) is 7.43. The van der Waals surface area contributed by atoms with Gasteiger partial charge in [-0.05, 0) is 11.1 Å². The summed E-state index contributed by atoms with van der Waals surface area (Å²) < 4.78 is 5.56. The van der Waals surface area contributed by atoms with Crippen LogP contribution in [0.2, 0.25) is 0 Å². The molecule has 1 aliphatic rings. The molecule has 4 nitrogen and oxygen atoms in total. The molecule has 22 heavy (non-hydrogen) atoms. The average Bonchev–Trinajstić information content (AvgIpc) is 3.36. The topological polar surface area (TPSA) is 53.1 Å². The summed E-state index contributed by atoms with van der Waals surface area (Å²) in [5, 5.41) is 9.21. The van der Waals surface area contributed by atoms with Gasteiger partial charge in [-0.3, -0.25) is 4.79 Å². The van der Waals surface area contributed by atoms with Gasteiger partial charge < -0.3 is 14.7 Å². The summed E-state index contributed by atoms with van der Waals surface area (Å²) in [6.07, 6.45) is -0.594. The van der Waals surface area contributed by atoms with Crippen LogP contribution in [0.1, 0.15) is 17.2 Å². The Labute approximate surface area is 130 Å². The van der Waals surface area contributed by atoms with E-state index in [1.807, 2.05) is 60.7 Å². The van der Waals surface area contributed by atoms with Gasteiger partial charge in [-0.2, -0.15) is 0 Å². The maximum Gasteiger partial charge on any atom is 0.255 e. The molecule has 114 valence electrons. The summed E-state index contributed by atoms with van der Waals surface area (Å²) in [5.74, 6) is -0.0632. The summed E-state index contributed by atoms with van der Waals surface area (Å²) in [7, 11) is 0. The highest BCUT2D eigenvalue weighted by atomic mass is 16.6. The third-order valence-corrected chi connectivity index (χ3v) is 3.76. The van der Waals surface area contributed by atoms with Crippen molar-refractivity contribution in [3.63, 3.8) is 0 Å². The zero-order valence-corrected chi connectivity index (χ0v) is 12.3. The van der Waals surface area contributed by atoms with E-state index in [-0.39, 0.29) is 18.6 Å². The van der Waals surface area contributed by atoms with Crippen molar-refractivity contribution < 1.29 is 14.6 Å². The van der Waals surface area contributed by atoms with Crippen molar-refractivity contribution >= 4 is 5.91 Å². The molecule has 0 spiro atoms. The Balaban J connectivity index is 1.66. The Bertz CT molecular complexity index is 615. The Morgan fingerprint density at radius 3 is 2.32 bits per heavy atom. The number of ether oxygens (including phenoxy) is 1. The van der Waals surface area contributed by atoms with Gasteiger partial charge in [0.15, 0.2) is 6.10 Å². The summed E-state index contributed by atoms with van der Waals surface area (Å²) in [6.45, 7) is 0.748. The van der Waals surface area contributed by atoms with E-state index >= 15 is 0 Å². The van der Waals surface area contributed by atoms with Crippen molar-refractivity contribution in [1.29, 1.82) is 0 Å². The van der Waals surface area contributed by atoms with E-state index in [9.17, 15) is 9.90 Å². The van der Waals surface area contributed by atoms with Gasteiger partial charge in [-0.1, -0.05) is 60.7 Å². The Kier molecular flexibility index (Phi) is 4.51. The van der Waals surface area contributed by atoms with Crippen molar-refractivity contribution in [1.82, 2.24) is 4.90 Å². The molecule has 0 saturated carbocycles. The first kappa shape index (κ1) is 14.8. The number of nitrogens with zero attached hydrogens (tertiary/aromatic N) is 1. The minimum Gasteiger partial charge on any atom is -0.395 e. The lowest BCUT2D eigenvalue weighted by atomic mass is 10.1. The molecule has 1 N–H and O–H groups in total. The zero-order chi connectivity index (χ0) is 15.4. The number of rotatable bonds is 6. The van der Waals surface area contributed by atoms with Gasteiger partial charge >= 0.3 is 0 Å². The number of hydrogen-bond donors (Lipinski definition) is 1. The Morgan fingerprint density at radius 2 is 1.68 bits per heavy atom. The van der Waals surface area contributed by atoms with Crippen LogP contribution in [0.4, 0.5) is 0 Å². The number of amides is 1. The molecule has 0 bridgehead atoms. The van der Waals surface area contributed by atoms with Gasteiger partial charge in [0.2, 0.25) is 0 Å². The molecule has 2 aromatic rings. The fourth-order valence-corrected chi connectivity index (χ4v) is 2.57. The lowest BCUT2D eigenvalue weighted by molar-refractivity contribution is -0.133. The molecule has 3 rings (SSSR count). The molecule has 1 amide bonds. The molecular weight excluding hydrogens is 278 g/mol. The molecule has 1 aliphatic heterocycles. The standard InChI is InChI=1S/C18H19NO3/c20-12-11-19(13-14-7-3-1-4-8-14)18(21)17-16(22-17)15-9-5-2-6-10-15/h1-10,16-17,20H,11-13H2/t16-,17+/m0/s1. The molecule has 1 heterocycles. The van der Waals surface area contributed by atoms with Crippen molar-refractivity contribution in [2.24, 2.45) is 0 Å². The van der Waals surface area contributed by atoms with Crippen LogP contribution in [0, 0.1) is 0 Å². The number of epoxide rings is 1. The van der Waals surface area contributed by atoms with Crippen LogP contribution in [0.3, 0.4) is 0 Å². The first-order valence-electron chi connectivity index (χ1n) is 7.43. The molecule has 2 atom stereocenters. The molecule has 2 aromatic carbocycles. The second-order valence-electron chi connectivity index (χ2n) is 5.36. The smallest absolute Gasteiger partial charge is 0.255 e. The van der Waals surface area contributed by atoms with E-state index < -0.39 is 6.10 Å². The molecule has 0 aromatic heterocycles. The summed E-state index contributed by atoms with van der Waals surface area (Å²) >= 11 is 0. The second kappa shape index (κ2) is 6.73. The van der Waals surface area contributed by atoms with Crippen molar-refractivity contribution in [2.75, 3.05) is 13.2 Å². The molecule has 0 aliphatic carbocycles. The molecule has 4 heteroatoms. The van der Waals surface area contributed by atoms with Gasteiger partial charge in [0.1, 0.15) is 6.10 Å². The summed E-state index contributed by atoms with van der Waals surface area (Å²) in [6, 6.07) is 19.5. The van der Waals surface area contributed by atoms with Crippen LogP contribution in [0.25, 0.3) is 0 Å². The van der Waals surface area contributed by atoms with Gasteiger partial charge in [0, 0.05) is 13.1 Å². The van der Waals surface area contributed by atoms with E-state index in [0.717, 1.165) is 11.1 Å². The number of hydrogen-bond acceptors (Lipinski definition) is 3. The molecule has 0 unspecified atom stereocenters. The number of aliphatic hydroxyl groups excluding tert-OH is 1. The van der Waals surface area contributed by atoms with E-state index in [1.54, 1.807) is 4.90 Å². The van der Waals surface area contributed by atoms with E-state index in [2.05, 4.69) is 0 Å². The molecule has 1 saturated heterocycles. The lowest BCUT2D eigenvalue weighted by Gasteiger charge is -2.21. The van der Waals surface area contributed by atoms with Gasteiger partial charge in [0.25, 0.3) is 5.91 Å². The van der Waals surface area contributed by atoms with Crippen LogP contribution in [0.15, 0.2) is 60.7 Å². The predicted octanol–water partition coefficient (Wildman–Crippen LogP) is 2.15. The highest BCUT2D eigenvalue weighted by molar-refractivity contribution is 5.84. The fourth-order valence-electron chi connectivity index (χ4n) is 2.57. The van der Waals surface area contributed by atoms with Crippen LogP contribution >= 0.6 is 0 Å². The Hall–Kier alpha value is -2.17. The van der Waals surface area contributed by atoms with Crippen LogP contribution in [-0.2, 0) is 16.1 Å². The molecular formula is C18H19NO3. The van der Waals surface area contributed by atoms with E-state index in [1.165, 1.54) is 0 Å². The zero-order valence-electron chi connectivity index (χ0n) is 12.3. The SMILES string of the molecule is O=C([C@@H]1O[C@H]1c1ccccc1)N(CCO)Cc1ccccc1. The quantitative estimate of drug-likeness (QED) is 0.831. The third-order valence-electron chi connectivity index (χ3n) is 3.76. The van der Waals surface area contributed by atoms with Crippen LogP contribution in [-0.4, -0.2) is 35.2 Å². The highest BCUT2D eigenvalue weighted by Crippen LogP contribution is 2.39. The first-order chi connectivity index (χ1) is 10.8. The molecule has 1 fully saturated rings. The number of carbonyl (C=O) groups excluding carboxylic acids is 1. The Morgan fingerprint density at radius 1 is 1.05 bits per heavy atom. The van der Waals surface area contributed by atoms with Crippen molar-refractivity contribution in [3.8, 4) is 0 Å². The predicted molar refractivity (Wildman–Crippen MR) is 83.0 cm³/mol. The minimum atomic E-state index is -0.433. The molecule has 0 radical (unpaired) electrons. The second-order valence-corrected chi connectivity index (χ2v) is 5.36. The number of aliphatic hydroxyl groups is 1. The van der Waals surface area contributed by atoms with Gasteiger partial charge in [-0.15, -0.1) is 0 Å². The van der Waals surface area contributed by atoms with E-state index in [4.69, 9.17) is 4.74 Å². The van der Waals surface area contributed by atoms with Gasteiger partial charge in [-0.25, -0.2) is 0 Å². The van der Waals surface area contributed by atoms with Crippen LogP contribution < -0.4 is 0 Å². The summed E-state index contributed by atoms with van der Waals surface area (Å²) in [5.41, 5.74) is 2.06. The van der Waals surface area contributed by atoms with Crippen molar-refractivity contribution in [2.45, 2.75) is 18.8 Å². The largest absolute Gasteiger partial charge is 0.395 e. The number of carbonyl (C=O) groups is 1. The van der Waals surface area contributed by atoms with E-state index in [0.29, 0.717) is 13.1 Å². The van der Waals surface area contributed by atoms with Crippen molar-refractivity contribution in [3.05, 3.63) is 71.8 Å². The highest BCUT2D eigenvalue weighted by Gasteiger charge is 2.47. The van der Waals surface area contributed by atoms with Gasteiger partial charge in [0.05, 0.1) is 6.61 Å². The van der Waals surface area contributed by atoms with Crippen LogP contribution in [0.5, 0.6) is 0 Å². The lowest BCUT2D eigenvalue weighted by Crippen LogP contribution is -2.36. The third kappa shape index (κ3) is 3.35. The normalized spacial score (nSPS) is 19.7. The summed E-state index contributed by atoms with van der Waals surface area (Å²) in [4.78, 5) is 14.2.